The molecule has 0 aliphatic rings. The molecule has 170 valence electrons. The van der Waals surface area contributed by atoms with Gasteiger partial charge >= 0.3 is 0 Å². The molecule has 1 atom stereocenters. The lowest BCUT2D eigenvalue weighted by Crippen LogP contribution is -2.34. The van der Waals surface area contributed by atoms with E-state index in [1.807, 2.05) is 19.2 Å². The zero-order valence-corrected chi connectivity index (χ0v) is 19.6. The van der Waals surface area contributed by atoms with Gasteiger partial charge in [-0.15, -0.1) is 4.72 Å². The van der Waals surface area contributed by atoms with Crippen LogP contribution in [0.3, 0.4) is 0 Å². The van der Waals surface area contributed by atoms with E-state index in [1.54, 1.807) is 12.1 Å². The number of likely N-dealkylation sites (N-methyl/N-ethyl adjacent to an activating group) is 1. The number of hydrogen-bond donors (Lipinski definition) is 4. The molecule has 1 aromatic carbocycles. The van der Waals surface area contributed by atoms with E-state index in [4.69, 9.17) is 34.7 Å². The van der Waals surface area contributed by atoms with Crippen molar-refractivity contribution in [3.8, 4) is 0 Å². The molecule has 31 heavy (non-hydrogen) atoms. The predicted molar refractivity (Wildman–Crippen MR) is 126 cm³/mol. The minimum Gasteiger partial charge on any atom is -0.598 e. The molecule has 12 heteroatoms. The molecule has 0 saturated heterocycles. The van der Waals surface area contributed by atoms with Crippen molar-refractivity contribution in [3.63, 3.8) is 0 Å². The van der Waals surface area contributed by atoms with Crippen LogP contribution in [0.2, 0.25) is 10.2 Å². The third-order valence-electron chi connectivity index (χ3n) is 4.34. The van der Waals surface area contributed by atoms with Gasteiger partial charge in [0.1, 0.15) is 0 Å². The zero-order valence-electron chi connectivity index (χ0n) is 17.2. The molecule has 0 aliphatic heterocycles. The Morgan fingerprint density at radius 3 is 2.52 bits per heavy atom. The molecule has 1 amide bonds. The van der Waals surface area contributed by atoms with Crippen LogP contribution in [-0.4, -0.2) is 58.6 Å². The standard InChI is InChI=1S/C19H27Cl2N7O2S/c1-28(11-9-24-19(29)15-17(22)27-18(23)16(21)26-15)10-3-2-8-25-31(30)12-13-4-6-14(20)7-5-13/h4-7,25H,2-3,8-12H2,1H3,(H,24,29)(H4,22,23,27). The van der Waals surface area contributed by atoms with Gasteiger partial charge in [-0.1, -0.05) is 35.3 Å². The lowest BCUT2D eigenvalue weighted by atomic mass is 10.2. The number of hydrogen-bond acceptors (Lipinski definition) is 8. The summed E-state index contributed by atoms with van der Waals surface area (Å²) in [5.74, 6) is -0.0784. The van der Waals surface area contributed by atoms with E-state index in [0.717, 1.165) is 24.9 Å². The summed E-state index contributed by atoms with van der Waals surface area (Å²) in [6.07, 6.45) is 1.82. The Bertz CT molecular complexity index is 858. The van der Waals surface area contributed by atoms with Gasteiger partial charge in [0, 0.05) is 41.6 Å². The first-order valence-electron chi connectivity index (χ1n) is 9.68. The van der Waals surface area contributed by atoms with Gasteiger partial charge < -0.3 is 26.2 Å². The number of carbonyl (C=O) groups is 1. The fraction of sp³-hybridized carbons (Fsp3) is 0.421. The first-order chi connectivity index (χ1) is 14.8. The van der Waals surface area contributed by atoms with E-state index in [9.17, 15) is 9.35 Å². The number of aromatic nitrogens is 2. The minimum atomic E-state index is -1.12. The molecule has 2 rings (SSSR count). The van der Waals surface area contributed by atoms with Gasteiger partial charge in [-0.3, -0.25) is 4.79 Å². The largest absolute Gasteiger partial charge is 0.598 e. The van der Waals surface area contributed by atoms with E-state index in [2.05, 4.69) is 24.9 Å². The van der Waals surface area contributed by atoms with Crippen LogP contribution in [0.1, 0.15) is 28.9 Å². The summed E-state index contributed by atoms with van der Waals surface area (Å²) in [7, 11) is 1.96. The molecule has 1 aromatic heterocycles. The lowest BCUT2D eigenvalue weighted by Gasteiger charge is -2.17. The summed E-state index contributed by atoms with van der Waals surface area (Å²) >= 11 is 10.5. The highest BCUT2D eigenvalue weighted by atomic mass is 35.5. The second-order valence-corrected chi connectivity index (χ2v) is 8.97. The summed E-state index contributed by atoms with van der Waals surface area (Å²) in [6.45, 7) is 2.58. The van der Waals surface area contributed by atoms with Crippen LogP contribution >= 0.6 is 23.2 Å². The molecule has 0 fully saturated rings. The van der Waals surface area contributed by atoms with Gasteiger partial charge in [-0.25, -0.2) is 9.97 Å². The Balaban J connectivity index is 1.57. The maximum absolute atomic E-state index is 12.2. The zero-order chi connectivity index (χ0) is 22.8. The molecule has 0 aliphatic carbocycles. The average Bonchev–Trinajstić information content (AvgIpc) is 2.72. The summed E-state index contributed by atoms with van der Waals surface area (Å²) in [6, 6.07) is 7.33. The number of rotatable bonds is 12. The number of amides is 1. The van der Waals surface area contributed by atoms with Gasteiger partial charge in [0.05, 0.1) is 0 Å². The van der Waals surface area contributed by atoms with Crippen LogP contribution < -0.4 is 21.5 Å². The smallest absolute Gasteiger partial charge is 0.273 e. The van der Waals surface area contributed by atoms with Crippen molar-refractivity contribution in [2.24, 2.45) is 0 Å². The Kier molecular flexibility index (Phi) is 10.6. The maximum atomic E-state index is 12.2. The number of carbonyl (C=O) groups excluding carboxylic acids is 1. The lowest BCUT2D eigenvalue weighted by molar-refractivity contribution is 0.0945. The van der Waals surface area contributed by atoms with Crippen molar-refractivity contribution in [3.05, 3.63) is 45.7 Å². The number of benzene rings is 1. The monoisotopic (exact) mass is 487 g/mol. The van der Waals surface area contributed by atoms with Crippen molar-refractivity contribution >= 4 is 52.1 Å². The van der Waals surface area contributed by atoms with Gasteiger partial charge in [0.25, 0.3) is 5.91 Å². The number of unbranched alkanes of at least 4 members (excludes halogenated alkanes) is 1. The number of halogens is 2. The van der Waals surface area contributed by atoms with Crippen molar-refractivity contribution in [2.75, 3.05) is 44.7 Å². The van der Waals surface area contributed by atoms with Crippen LogP contribution in [0, 0.1) is 0 Å². The number of anilines is 2. The highest BCUT2D eigenvalue weighted by Crippen LogP contribution is 2.17. The predicted octanol–water partition coefficient (Wildman–Crippen LogP) is 1.84. The van der Waals surface area contributed by atoms with Crippen LogP contribution in [0.15, 0.2) is 24.3 Å². The summed E-state index contributed by atoms with van der Waals surface area (Å²) in [5, 5.41) is 3.35. The molecule has 2 aromatic rings. The second-order valence-electron chi connectivity index (χ2n) is 6.91. The van der Waals surface area contributed by atoms with E-state index in [1.165, 1.54) is 0 Å². The van der Waals surface area contributed by atoms with Crippen LogP contribution in [0.4, 0.5) is 11.6 Å². The molecular formula is C19H27Cl2N7O2S. The highest BCUT2D eigenvalue weighted by Gasteiger charge is 2.15. The third kappa shape index (κ3) is 9.06. The van der Waals surface area contributed by atoms with Gasteiger partial charge in [-0.2, -0.15) is 0 Å². The quantitative estimate of drug-likeness (QED) is 0.262. The molecule has 1 unspecified atom stereocenters. The van der Waals surface area contributed by atoms with E-state index >= 15 is 0 Å². The van der Waals surface area contributed by atoms with Crippen LogP contribution in [0.5, 0.6) is 0 Å². The third-order valence-corrected chi connectivity index (χ3v) is 5.99. The molecule has 0 radical (unpaired) electrons. The minimum absolute atomic E-state index is 0.0150. The van der Waals surface area contributed by atoms with Crippen molar-refractivity contribution < 1.29 is 9.35 Å². The second kappa shape index (κ2) is 12.9. The summed E-state index contributed by atoms with van der Waals surface area (Å²) < 4.78 is 15.1. The fourth-order valence-electron chi connectivity index (χ4n) is 2.64. The van der Waals surface area contributed by atoms with Gasteiger partial charge in [-0.05, 0) is 38.6 Å². The molecule has 9 nitrogen and oxygen atoms in total. The Morgan fingerprint density at radius 1 is 1.10 bits per heavy atom. The van der Waals surface area contributed by atoms with Crippen molar-refractivity contribution in [2.45, 2.75) is 18.6 Å². The number of nitrogens with zero attached hydrogens (tertiary/aromatic N) is 3. The molecule has 6 N–H and O–H groups in total. The van der Waals surface area contributed by atoms with E-state index < -0.39 is 17.3 Å². The highest BCUT2D eigenvalue weighted by molar-refractivity contribution is 7.88. The first-order valence-corrected chi connectivity index (χ1v) is 11.7. The van der Waals surface area contributed by atoms with Crippen molar-refractivity contribution in [1.82, 2.24) is 24.9 Å². The molecule has 0 saturated carbocycles. The molecular weight excluding hydrogens is 461 g/mol. The van der Waals surface area contributed by atoms with Crippen LogP contribution in [0.25, 0.3) is 0 Å². The number of nitrogens with one attached hydrogen (secondary N) is 2. The van der Waals surface area contributed by atoms with Gasteiger partial charge in [0.2, 0.25) is 0 Å². The first kappa shape index (κ1) is 25.4. The number of nitrogen functional groups attached to an aromatic ring is 2. The molecule has 0 spiro atoms. The Labute approximate surface area is 195 Å². The Hall–Kier alpha value is -1.82. The topological polar surface area (TPSA) is 145 Å². The number of nitrogens with two attached hydrogens (primary N) is 2. The molecule has 1 heterocycles. The average molecular weight is 488 g/mol. The maximum Gasteiger partial charge on any atom is 0.273 e. The van der Waals surface area contributed by atoms with Gasteiger partial charge in [0.15, 0.2) is 28.2 Å². The summed E-state index contributed by atoms with van der Waals surface area (Å²) in [4.78, 5) is 21.9. The van der Waals surface area contributed by atoms with E-state index in [-0.39, 0.29) is 22.5 Å². The van der Waals surface area contributed by atoms with Crippen LogP contribution in [-0.2, 0) is 17.1 Å². The molecule has 0 bridgehead atoms. The normalized spacial score (nSPS) is 12.2. The Morgan fingerprint density at radius 2 is 1.81 bits per heavy atom. The van der Waals surface area contributed by atoms with E-state index in [0.29, 0.717) is 30.4 Å². The van der Waals surface area contributed by atoms with Crippen molar-refractivity contribution in [1.29, 1.82) is 0 Å². The SMILES string of the molecule is CN(CCCCN[S+]([O-])Cc1ccc(Cl)cc1)CCNC(=O)c1nc(Cl)c(N)nc1N. The summed E-state index contributed by atoms with van der Waals surface area (Å²) in [5.41, 5.74) is 12.1. The fourth-order valence-corrected chi connectivity index (χ4v) is 3.86.